The monoisotopic (exact) mass is 271 g/mol. The van der Waals surface area contributed by atoms with Crippen molar-refractivity contribution in [2.75, 3.05) is 12.3 Å². The molecule has 1 nitrogen and oxygen atoms in total. The van der Waals surface area contributed by atoms with Crippen molar-refractivity contribution >= 4 is 23.4 Å². The van der Waals surface area contributed by atoms with Gasteiger partial charge in [0, 0.05) is 16.0 Å². The fourth-order valence-corrected chi connectivity index (χ4v) is 2.82. The Kier molecular flexibility index (Phi) is 7.74. The minimum absolute atomic E-state index is 0.634. The number of hydrogen-bond acceptors (Lipinski definition) is 2. The molecule has 0 saturated heterocycles. The maximum atomic E-state index is 5.94. The molecule has 1 rings (SSSR count). The van der Waals surface area contributed by atoms with Crippen molar-refractivity contribution in [2.45, 2.75) is 44.0 Å². The van der Waals surface area contributed by atoms with Gasteiger partial charge in [-0.3, -0.25) is 0 Å². The molecule has 0 aliphatic heterocycles. The molecule has 17 heavy (non-hydrogen) atoms. The zero-order chi connectivity index (χ0) is 12.5. The summed E-state index contributed by atoms with van der Waals surface area (Å²) in [6.45, 7) is 5.59. The van der Waals surface area contributed by atoms with Crippen molar-refractivity contribution in [1.82, 2.24) is 5.32 Å². The van der Waals surface area contributed by atoms with E-state index in [2.05, 4.69) is 25.2 Å². The lowest BCUT2D eigenvalue weighted by molar-refractivity contribution is 0.510. The van der Waals surface area contributed by atoms with Crippen LogP contribution in [0.15, 0.2) is 29.2 Å². The average Bonchev–Trinajstić information content (AvgIpc) is 2.32. The Hall–Kier alpha value is -0.180. The first-order valence-electron chi connectivity index (χ1n) is 6.34. The number of benzene rings is 1. The number of nitrogens with one attached hydrogen (secondary N) is 1. The molecule has 3 heteroatoms. The van der Waals surface area contributed by atoms with Crippen molar-refractivity contribution in [3.63, 3.8) is 0 Å². The van der Waals surface area contributed by atoms with Crippen molar-refractivity contribution in [3.05, 3.63) is 29.3 Å². The molecule has 0 heterocycles. The molecule has 0 fully saturated rings. The molecular weight excluding hydrogens is 250 g/mol. The Bertz CT molecular complexity index is 317. The minimum Gasteiger partial charge on any atom is -0.314 e. The van der Waals surface area contributed by atoms with E-state index in [1.54, 1.807) is 0 Å². The average molecular weight is 272 g/mol. The van der Waals surface area contributed by atoms with E-state index in [4.69, 9.17) is 11.6 Å². The molecule has 1 aromatic rings. The van der Waals surface area contributed by atoms with Crippen molar-refractivity contribution in [2.24, 2.45) is 0 Å². The van der Waals surface area contributed by atoms with Crippen molar-refractivity contribution in [3.8, 4) is 0 Å². The van der Waals surface area contributed by atoms with Crippen LogP contribution in [0.3, 0.4) is 0 Å². The van der Waals surface area contributed by atoms with Gasteiger partial charge in [-0.05, 0) is 56.7 Å². The van der Waals surface area contributed by atoms with E-state index in [0.717, 1.165) is 11.6 Å². The quantitative estimate of drug-likeness (QED) is 0.548. The Morgan fingerprint density at radius 3 is 2.94 bits per heavy atom. The molecule has 0 radical (unpaired) electrons. The summed E-state index contributed by atoms with van der Waals surface area (Å²) in [5, 5.41) is 4.34. The van der Waals surface area contributed by atoms with Crippen molar-refractivity contribution < 1.29 is 0 Å². The number of halogens is 1. The van der Waals surface area contributed by atoms with E-state index >= 15 is 0 Å². The Balaban J connectivity index is 2.11. The summed E-state index contributed by atoms with van der Waals surface area (Å²) in [7, 11) is 0. The molecule has 0 saturated carbocycles. The third kappa shape index (κ3) is 6.97. The summed E-state index contributed by atoms with van der Waals surface area (Å²) >= 11 is 7.83. The highest BCUT2D eigenvalue weighted by Crippen LogP contribution is 2.22. The van der Waals surface area contributed by atoms with E-state index in [1.165, 1.54) is 29.9 Å². The number of hydrogen-bond donors (Lipinski definition) is 1. The minimum atomic E-state index is 0.634. The molecule has 1 N–H and O–H groups in total. The summed E-state index contributed by atoms with van der Waals surface area (Å²) in [5.74, 6) is 1.17. The molecule has 0 spiro atoms. The summed E-state index contributed by atoms with van der Waals surface area (Å²) in [6, 6.07) is 8.72. The third-order valence-electron chi connectivity index (χ3n) is 2.59. The van der Waals surface area contributed by atoms with Gasteiger partial charge in [0.25, 0.3) is 0 Å². The lowest BCUT2D eigenvalue weighted by Gasteiger charge is -2.12. The highest BCUT2D eigenvalue weighted by Gasteiger charge is 2.00. The van der Waals surface area contributed by atoms with Crippen LogP contribution in [0.5, 0.6) is 0 Å². The second kappa shape index (κ2) is 8.84. The fourth-order valence-electron chi connectivity index (χ4n) is 1.63. The summed E-state index contributed by atoms with van der Waals surface area (Å²) < 4.78 is 0. The van der Waals surface area contributed by atoms with Gasteiger partial charge in [-0.1, -0.05) is 24.6 Å². The van der Waals surface area contributed by atoms with Crippen LogP contribution >= 0.6 is 23.4 Å². The highest BCUT2D eigenvalue weighted by molar-refractivity contribution is 7.99. The van der Waals surface area contributed by atoms with Crippen LogP contribution in [-0.4, -0.2) is 18.3 Å². The zero-order valence-corrected chi connectivity index (χ0v) is 12.3. The number of rotatable bonds is 8. The normalized spacial score (nSPS) is 12.6. The molecule has 1 unspecified atom stereocenters. The molecule has 0 amide bonds. The summed E-state index contributed by atoms with van der Waals surface area (Å²) in [5.41, 5.74) is 0. The van der Waals surface area contributed by atoms with Gasteiger partial charge in [0.05, 0.1) is 0 Å². The lowest BCUT2D eigenvalue weighted by Crippen LogP contribution is -2.26. The SMILES string of the molecule is CCCNC(C)CCCSc1cccc(Cl)c1. The van der Waals surface area contributed by atoms with Gasteiger partial charge in [-0.15, -0.1) is 11.8 Å². The maximum Gasteiger partial charge on any atom is 0.0417 e. The van der Waals surface area contributed by atoms with Gasteiger partial charge in [-0.2, -0.15) is 0 Å². The second-order valence-corrected chi connectivity index (χ2v) is 5.91. The van der Waals surface area contributed by atoms with E-state index in [9.17, 15) is 0 Å². The predicted molar refractivity (Wildman–Crippen MR) is 79.2 cm³/mol. The van der Waals surface area contributed by atoms with Crippen LogP contribution in [0.1, 0.15) is 33.1 Å². The molecular formula is C14H22ClNS. The predicted octanol–water partition coefficient (Wildman–Crippen LogP) is 4.60. The lowest BCUT2D eigenvalue weighted by atomic mass is 10.2. The molecule has 0 aliphatic carbocycles. The molecule has 1 aromatic carbocycles. The van der Waals surface area contributed by atoms with Crippen LogP contribution in [0.4, 0.5) is 0 Å². The van der Waals surface area contributed by atoms with Crippen LogP contribution in [0.25, 0.3) is 0 Å². The van der Waals surface area contributed by atoms with Crippen LogP contribution in [-0.2, 0) is 0 Å². The van der Waals surface area contributed by atoms with Crippen LogP contribution in [0, 0.1) is 0 Å². The van der Waals surface area contributed by atoms with Gasteiger partial charge in [0.1, 0.15) is 0 Å². The zero-order valence-electron chi connectivity index (χ0n) is 10.7. The standard InChI is InChI=1S/C14H22ClNS/c1-3-9-16-12(2)6-5-10-17-14-8-4-7-13(15)11-14/h4,7-8,11-12,16H,3,5-6,9-10H2,1-2H3. The second-order valence-electron chi connectivity index (χ2n) is 4.30. The van der Waals surface area contributed by atoms with Crippen LogP contribution < -0.4 is 5.32 Å². The summed E-state index contributed by atoms with van der Waals surface area (Å²) in [4.78, 5) is 1.27. The maximum absolute atomic E-state index is 5.94. The highest BCUT2D eigenvalue weighted by atomic mass is 35.5. The van der Waals surface area contributed by atoms with E-state index < -0.39 is 0 Å². The molecule has 0 bridgehead atoms. The van der Waals surface area contributed by atoms with Gasteiger partial charge >= 0.3 is 0 Å². The largest absolute Gasteiger partial charge is 0.314 e. The molecule has 1 atom stereocenters. The first kappa shape index (κ1) is 14.9. The van der Waals surface area contributed by atoms with Gasteiger partial charge in [0.2, 0.25) is 0 Å². The van der Waals surface area contributed by atoms with E-state index in [-0.39, 0.29) is 0 Å². The van der Waals surface area contributed by atoms with Gasteiger partial charge in [0.15, 0.2) is 0 Å². The van der Waals surface area contributed by atoms with Crippen LogP contribution in [0.2, 0.25) is 5.02 Å². The fraction of sp³-hybridized carbons (Fsp3) is 0.571. The molecule has 0 aromatic heterocycles. The van der Waals surface area contributed by atoms with E-state index in [1.807, 2.05) is 30.0 Å². The Morgan fingerprint density at radius 1 is 1.41 bits per heavy atom. The smallest absolute Gasteiger partial charge is 0.0417 e. The van der Waals surface area contributed by atoms with Gasteiger partial charge < -0.3 is 5.32 Å². The number of thioether (sulfide) groups is 1. The first-order chi connectivity index (χ1) is 8.22. The Labute approximate surface area is 114 Å². The van der Waals surface area contributed by atoms with E-state index in [0.29, 0.717) is 6.04 Å². The first-order valence-corrected chi connectivity index (χ1v) is 7.70. The topological polar surface area (TPSA) is 12.0 Å². The molecule has 0 aliphatic rings. The Morgan fingerprint density at radius 2 is 2.24 bits per heavy atom. The third-order valence-corrected chi connectivity index (χ3v) is 3.90. The summed E-state index contributed by atoms with van der Waals surface area (Å²) in [6.07, 6.45) is 3.70. The molecule has 96 valence electrons. The van der Waals surface area contributed by atoms with Gasteiger partial charge in [-0.25, -0.2) is 0 Å². The van der Waals surface area contributed by atoms with Crippen molar-refractivity contribution in [1.29, 1.82) is 0 Å².